The van der Waals surface area contributed by atoms with Gasteiger partial charge in [0.2, 0.25) is 59.7 Å². The zero-order valence-electron chi connectivity index (χ0n) is 82.8. The lowest BCUT2D eigenvalue weighted by atomic mass is 9.73. The first-order chi connectivity index (χ1) is 67.2. The maximum Gasteiger partial charge on any atom is 0.336 e. The maximum atomic E-state index is 17.7. The molecule has 38 nitrogen and oxygen atoms in total. The van der Waals surface area contributed by atoms with Crippen molar-refractivity contribution < 1.29 is 138 Å². The first-order valence-corrected chi connectivity index (χ1v) is 48.8. The van der Waals surface area contributed by atoms with Gasteiger partial charge in [0.05, 0.1) is 16.1 Å². The SMILES string of the molecule is CCC(C)CCCCCCCCC(=O)N[C@H]1[C@H](Oc2c3cc4cc2Oc2ccc(c(C)c2Cl)[C@@](C)(O)[C@]2(C)NC(=O)[C@H](NC(=O)[C@]4(C)NC(=O)[C@H]4NC(=O)[C@@H](Cc5ccc(cc5)O3)NC(=O)[C@H](NC)c3ccc(O)c(c3C)Oc3cc(O)c(Cl)c4c3)c3ccc(O)c(c3C)-c3c(O[C@H]4O[C@H](C(C)O)[C@@H](O)[C@H](O)[C@@H]4O)cc(O)c(C)c3[C@@](C)(C(=O)NCCCN(CC)C(C)C)NC2=O)O[C@H](C(=O)O)[C@@](C)(O)[C@]1(C)O. The average Bonchev–Trinajstić information content (AvgIpc) is 0.717. The van der Waals surface area contributed by atoms with Gasteiger partial charge in [-0.3, -0.25) is 38.4 Å². The number of likely N-dealkylation sites (N-methyl/N-ethyl adjacent to an activating group) is 1. The standard InChI is InChI=1S/C103H130Cl2N10O28/c1-18-48(5)27-24-22-20-21-23-25-28-71(121)109-86-94(143-87(92(129)130)103(16,136)102(86,15)135)142-85-69-42-55-43-70(85)139-67-38-35-61(51(8)75(67)104)101(14,134)100(13)97(133)114-99(12,95(131)107-39-26-40-115(19-2)47(3)4)74-52(9)65(119)46-68(140-93-82(124)80(122)81(123)84(141-93)53(10)116)73(74)72-49(6)58(33-36-63(72)117)78(91(128)113-100)111-96(132)98(55,11)112-90(127)79-60-44-57(45-66(120)76(60)105)138-83-50(7)59(34-37-64(83)118)77(106-17)89(126)108-62(88(125)110-79)41-54-29-31-56(137-69)32-30-54/h29-38,42-48,53,62,77-82,84,86-87,93-94,106,116-120,122-124,134-136H,18-28,39-41H2,1-17H3,(H,107,131)(H,108,126)(H,109,121)(H,110,125)(H,111,132)(H,112,127)(H,113,128)(H,114,133)(H,129,130)/t48?,53?,62-,77-,78-,79+,80+,81+,82+,84-,86+,87-,93+,94-,98-,99+,100-,101-,102-,103-/m1/s1. The molecule has 0 saturated carbocycles. The minimum Gasteiger partial charge on any atom is -0.508 e. The molecule has 0 radical (unpaired) electrons. The van der Waals surface area contributed by atoms with E-state index in [0.29, 0.717) is 31.8 Å². The molecule has 7 aromatic carbocycles. The van der Waals surface area contributed by atoms with E-state index in [4.69, 9.17) is 56.4 Å². The second-order valence-corrected chi connectivity index (χ2v) is 40.2. The lowest BCUT2D eigenvalue weighted by Gasteiger charge is -2.52. The number of aliphatic hydroxyl groups excluding tert-OH is 4. The van der Waals surface area contributed by atoms with E-state index >= 15 is 33.6 Å². The van der Waals surface area contributed by atoms with E-state index < -0.39 is 262 Å². The summed E-state index contributed by atoms with van der Waals surface area (Å²) in [5, 5.41) is 170. The molecule has 8 amide bonds. The van der Waals surface area contributed by atoms with Crippen molar-refractivity contribution in [2.75, 3.05) is 26.7 Å². The van der Waals surface area contributed by atoms with Crippen molar-refractivity contribution in [3.63, 3.8) is 0 Å². The van der Waals surface area contributed by atoms with Gasteiger partial charge in [-0.1, -0.05) is 119 Å². The van der Waals surface area contributed by atoms with Crippen molar-refractivity contribution in [2.24, 2.45) is 5.92 Å². The molecule has 15 rings (SSSR count). The Hall–Kier alpha value is -11.9. The molecule has 2 saturated heterocycles. The first kappa shape index (κ1) is 108. The lowest BCUT2D eigenvalue weighted by molar-refractivity contribution is -0.303. The molecule has 0 aromatic heterocycles. The number of hydrogen-bond acceptors (Lipinski definition) is 29. The van der Waals surface area contributed by atoms with Crippen LogP contribution in [0.15, 0.2) is 91.0 Å². The molecule has 8 heterocycles. The number of carboxylic acids is 1. The third-order valence-electron chi connectivity index (χ3n) is 29.3. The number of phenols is 4. The van der Waals surface area contributed by atoms with Crippen LogP contribution in [0.4, 0.5) is 0 Å². The Morgan fingerprint density at radius 3 is 1.88 bits per heavy atom. The van der Waals surface area contributed by atoms with Crippen molar-refractivity contribution in [3.05, 3.63) is 162 Å². The summed E-state index contributed by atoms with van der Waals surface area (Å²) in [4.78, 5) is 147. The second-order valence-electron chi connectivity index (χ2n) is 39.4. The molecule has 0 spiro atoms. The number of nitrogens with one attached hydrogen (secondary N) is 9. The van der Waals surface area contributed by atoms with Crippen molar-refractivity contribution in [1.82, 2.24) is 52.8 Å². The number of benzene rings is 7. The molecule has 2 fully saturated rings. The second kappa shape index (κ2) is 42.8. The number of aliphatic carboxylic acids is 1. The number of unbranched alkanes of at least 4 members (excludes halogenated alkanes) is 5. The predicted molar refractivity (Wildman–Crippen MR) is 522 cm³/mol. The van der Waals surface area contributed by atoms with Crippen LogP contribution in [0.3, 0.4) is 0 Å². The van der Waals surface area contributed by atoms with E-state index in [1.807, 2.05) is 20.8 Å². The number of hydrogen-bond donors (Lipinski definition) is 21. The number of ether oxygens (including phenoxy) is 7. The van der Waals surface area contributed by atoms with Crippen molar-refractivity contribution >= 4 is 76.4 Å². The van der Waals surface area contributed by atoms with Gasteiger partial charge < -0.3 is 147 Å². The van der Waals surface area contributed by atoms with Crippen LogP contribution in [0.25, 0.3) is 11.1 Å². The third-order valence-corrected chi connectivity index (χ3v) is 30.2. The van der Waals surface area contributed by atoms with E-state index in [2.05, 4.69) is 66.6 Å². The number of nitrogens with zero attached hydrogens (tertiary/aromatic N) is 1. The van der Waals surface area contributed by atoms with Gasteiger partial charge in [0.15, 0.2) is 29.1 Å². The van der Waals surface area contributed by atoms with Crippen LogP contribution in [-0.2, 0) is 75.7 Å². The van der Waals surface area contributed by atoms with Crippen molar-refractivity contribution in [3.8, 4) is 80.1 Å². The van der Waals surface area contributed by atoms with Gasteiger partial charge in [-0.2, -0.15) is 0 Å². The third kappa shape index (κ3) is 21.1. The largest absolute Gasteiger partial charge is 0.508 e. The number of phenolic OH excluding ortho intramolecular Hbond substituents is 4. The molecule has 20 atom stereocenters. The Kier molecular flexibility index (Phi) is 32.4. The van der Waals surface area contributed by atoms with E-state index in [9.17, 15) is 70.9 Å². The molecule has 0 aliphatic carbocycles. The number of carbonyl (C=O) groups excluding carboxylic acids is 8. The molecular weight excluding hydrogens is 1900 g/mol. The van der Waals surface area contributed by atoms with Gasteiger partial charge in [0, 0.05) is 71.9 Å². The molecule has 40 heteroatoms. The Labute approximate surface area is 837 Å². The molecular formula is C103H130Cl2N10O28. The lowest BCUT2D eigenvalue weighted by Crippen LogP contribution is -2.77. The molecule has 8 aliphatic rings. The highest BCUT2D eigenvalue weighted by molar-refractivity contribution is 6.33. The molecule has 774 valence electrons. The molecule has 8 aliphatic heterocycles. The van der Waals surface area contributed by atoms with Crippen LogP contribution in [0.2, 0.25) is 10.0 Å². The van der Waals surface area contributed by atoms with Gasteiger partial charge in [-0.05, 0) is 215 Å². The fraction of sp³-hybridized carbons (Fsp3) is 0.505. The number of fused-ring (bicyclic) bond motifs is 14. The average molecular weight is 2030 g/mol. The van der Waals surface area contributed by atoms with E-state index in [1.165, 1.54) is 97.1 Å². The highest BCUT2D eigenvalue weighted by Gasteiger charge is 2.65. The number of halogens is 2. The smallest absolute Gasteiger partial charge is 0.336 e. The number of amides is 8. The minimum atomic E-state index is -3.05. The van der Waals surface area contributed by atoms with Gasteiger partial charge in [-0.15, -0.1) is 0 Å². The number of carbonyl (C=O) groups is 9. The van der Waals surface area contributed by atoms with Gasteiger partial charge in [0.1, 0.15) is 128 Å². The first-order valence-electron chi connectivity index (χ1n) is 48.0. The number of carboxylic acid groups (broad SMARTS) is 1. The summed E-state index contributed by atoms with van der Waals surface area (Å²) in [6, 6.07) is 8.51. The van der Waals surface area contributed by atoms with Crippen LogP contribution in [0.1, 0.15) is 227 Å². The summed E-state index contributed by atoms with van der Waals surface area (Å²) >= 11 is 14.9. The van der Waals surface area contributed by atoms with Crippen LogP contribution in [0, 0.1) is 33.6 Å². The molecule has 17 bridgehead atoms. The number of aliphatic hydroxyl groups is 7. The van der Waals surface area contributed by atoms with Crippen molar-refractivity contribution in [2.45, 2.75) is 300 Å². The highest BCUT2D eigenvalue weighted by atomic mass is 35.5. The van der Waals surface area contributed by atoms with Gasteiger partial charge in [-0.25, -0.2) is 4.79 Å². The normalized spacial score (nSPS) is 28.0. The Balaban J connectivity index is 1.11. The zero-order valence-corrected chi connectivity index (χ0v) is 84.3. The van der Waals surface area contributed by atoms with Gasteiger partial charge >= 0.3 is 5.97 Å². The maximum absolute atomic E-state index is 17.7. The zero-order chi connectivity index (χ0) is 105. The summed E-state index contributed by atoms with van der Waals surface area (Å²) in [6.07, 6.45) is -10.2. The molecule has 21 N–H and O–H groups in total. The van der Waals surface area contributed by atoms with E-state index in [1.54, 1.807) is 0 Å². The fourth-order valence-corrected chi connectivity index (χ4v) is 20.1. The Bertz CT molecular complexity index is 6060. The Morgan fingerprint density at radius 1 is 0.587 bits per heavy atom. The fourth-order valence-electron chi connectivity index (χ4n) is 19.7. The number of aromatic hydroxyl groups is 4. The molecule has 143 heavy (non-hydrogen) atoms. The van der Waals surface area contributed by atoms with Crippen LogP contribution < -0.4 is 71.5 Å². The van der Waals surface area contributed by atoms with Gasteiger partial charge in [0.25, 0.3) is 5.91 Å². The summed E-state index contributed by atoms with van der Waals surface area (Å²) in [5.74, 6) is -17.6. The van der Waals surface area contributed by atoms with E-state index in [-0.39, 0.29) is 87.2 Å². The summed E-state index contributed by atoms with van der Waals surface area (Å²) in [6.45, 7) is 24.3. The van der Waals surface area contributed by atoms with Crippen molar-refractivity contribution in [1.29, 1.82) is 0 Å². The van der Waals surface area contributed by atoms with Crippen LogP contribution >= 0.6 is 23.2 Å². The highest BCUT2D eigenvalue weighted by Crippen LogP contribution is 2.55. The summed E-state index contributed by atoms with van der Waals surface area (Å²) in [5.41, 5.74) is -20.3. The minimum absolute atomic E-state index is 0.0380. The van der Waals surface area contributed by atoms with Crippen LogP contribution in [0.5, 0.6) is 69.0 Å². The number of rotatable bonds is 25. The molecule has 2 unspecified atom stereocenters. The topological polar surface area (TPSA) is 573 Å². The molecule has 7 aromatic rings. The predicted octanol–water partition coefficient (Wildman–Crippen LogP) is 9.04. The van der Waals surface area contributed by atoms with Crippen LogP contribution in [-0.4, -0.2) is 230 Å². The summed E-state index contributed by atoms with van der Waals surface area (Å²) in [7, 11) is 1.45. The Morgan fingerprint density at radius 2 is 1.23 bits per heavy atom. The monoisotopic (exact) mass is 2020 g/mol. The quantitative estimate of drug-likeness (QED) is 0.0237. The van der Waals surface area contributed by atoms with E-state index in [0.717, 1.165) is 116 Å². The summed E-state index contributed by atoms with van der Waals surface area (Å²) < 4.78 is 46.3.